The van der Waals surface area contributed by atoms with Gasteiger partial charge in [0.05, 0.1) is 24.2 Å². The minimum atomic E-state index is -4.52. The average Bonchev–Trinajstić information content (AvgIpc) is 3.27. The van der Waals surface area contributed by atoms with Crippen molar-refractivity contribution >= 4 is 11.5 Å². The van der Waals surface area contributed by atoms with Crippen LogP contribution in [0.1, 0.15) is 46.6 Å². The van der Waals surface area contributed by atoms with Gasteiger partial charge in [-0.3, -0.25) is 14.2 Å². The van der Waals surface area contributed by atoms with Crippen molar-refractivity contribution in [2.75, 3.05) is 13.2 Å². The van der Waals surface area contributed by atoms with Gasteiger partial charge in [-0.05, 0) is 68.2 Å². The molecule has 11 heteroatoms. The van der Waals surface area contributed by atoms with Gasteiger partial charge in [0.1, 0.15) is 22.7 Å². The van der Waals surface area contributed by atoms with E-state index in [0.717, 1.165) is 31.4 Å². The van der Waals surface area contributed by atoms with E-state index < -0.39 is 28.8 Å². The molecule has 2 aromatic heterocycles. The summed E-state index contributed by atoms with van der Waals surface area (Å²) in [4.78, 5) is 30.4. The van der Waals surface area contributed by atoms with Crippen LogP contribution < -0.4 is 15.6 Å². The summed E-state index contributed by atoms with van der Waals surface area (Å²) < 4.78 is 48.9. The van der Waals surface area contributed by atoms with Crippen LogP contribution in [-0.4, -0.2) is 43.9 Å². The van der Waals surface area contributed by atoms with Crippen molar-refractivity contribution in [2.45, 2.75) is 44.5 Å². The van der Waals surface area contributed by atoms with Crippen LogP contribution in [0.3, 0.4) is 0 Å². The lowest BCUT2D eigenvalue weighted by atomic mass is 9.76. The van der Waals surface area contributed by atoms with Gasteiger partial charge < -0.3 is 19.7 Å². The van der Waals surface area contributed by atoms with E-state index in [4.69, 9.17) is 4.74 Å². The number of fused-ring (bicyclic) bond motifs is 1. The summed E-state index contributed by atoms with van der Waals surface area (Å²) in [5, 5.41) is 12.3. The van der Waals surface area contributed by atoms with Crippen LogP contribution in [0.15, 0.2) is 53.7 Å². The van der Waals surface area contributed by atoms with Gasteiger partial charge in [-0.25, -0.2) is 4.98 Å². The zero-order chi connectivity index (χ0) is 26.4. The van der Waals surface area contributed by atoms with E-state index in [1.54, 1.807) is 19.2 Å². The molecule has 0 atom stereocenters. The molecular weight excluding hydrogens is 489 g/mol. The lowest BCUT2D eigenvalue weighted by Gasteiger charge is -2.43. The minimum Gasteiger partial charge on any atom is -0.483 e. The maximum Gasteiger partial charge on any atom is 0.416 e. The average molecular weight is 515 g/mol. The van der Waals surface area contributed by atoms with Gasteiger partial charge >= 0.3 is 6.18 Å². The van der Waals surface area contributed by atoms with Gasteiger partial charge in [-0.15, -0.1) is 0 Å². The van der Waals surface area contributed by atoms with E-state index >= 15 is 0 Å². The van der Waals surface area contributed by atoms with Gasteiger partial charge in [0, 0.05) is 24.8 Å². The van der Waals surface area contributed by atoms with Gasteiger partial charge in [0.2, 0.25) is 0 Å². The first kappa shape index (κ1) is 24.8. The third-order valence-corrected chi connectivity index (χ3v) is 6.74. The molecule has 1 saturated carbocycles. The van der Waals surface area contributed by atoms with Crippen LogP contribution >= 0.6 is 0 Å². The SMILES string of the molecule is Cc1cn(-c2ccc(C(=O)NCC3=CC4(CCC4)Oc4ccc(C(F)(F)F)cc43)n(CCO)c2=O)cn1. The van der Waals surface area contributed by atoms with Crippen LogP contribution in [0, 0.1) is 6.92 Å². The summed E-state index contributed by atoms with van der Waals surface area (Å²) in [7, 11) is 0. The number of carbonyl (C=O) groups excluding carboxylic acids is 1. The number of ether oxygens (including phenoxy) is 1. The van der Waals surface area contributed by atoms with Crippen molar-refractivity contribution in [1.29, 1.82) is 0 Å². The van der Waals surface area contributed by atoms with E-state index in [1.807, 2.05) is 0 Å². The number of aromatic nitrogens is 3. The lowest BCUT2D eigenvalue weighted by Crippen LogP contribution is -2.44. The summed E-state index contributed by atoms with van der Waals surface area (Å²) in [5.74, 6) is -0.251. The molecule has 1 amide bonds. The van der Waals surface area contributed by atoms with E-state index in [2.05, 4.69) is 10.3 Å². The maximum atomic E-state index is 13.4. The number of nitrogens with zero attached hydrogens (tertiary/aromatic N) is 3. The smallest absolute Gasteiger partial charge is 0.416 e. The van der Waals surface area contributed by atoms with Crippen molar-refractivity contribution in [3.05, 3.63) is 81.8 Å². The molecular formula is C26H25F3N4O4. The minimum absolute atomic E-state index is 0.0231. The summed E-state index contributed by atoms with van der Waals surface area (Å²) >= 11 is 0. The second-order valence-corrected chi connectivity index (χ2v) is 9.29. The lowest BCUT2D eigenvalue weighted by molar-refractivity contribution is -0.137. The third kappa shape index (κ3) is 4.66. The normalized spacial score (nSPS) is 16.0. The highest BCUT2D eigenvalue weighted by atomic mass is 19.4. The van der Waals surface area contributed by atoms with Gasteiger partial charge in [-0.2, -0.15) is 13.2 Å². The third-order valence-electron chi connectivity index (χ3n) is 6.74. The monoisotopic (exact) mass is 514 g/mol. The molecule has 0 saturated heterocycles. The van der Waals surface area contributed by atoms with Crippen molar-refractivity contribution < 1.29 is 27.8 Å². The highest BCUT2D eigenvalue weighted by Gasteiger charge is 2.42. The fourth-order valence-corrected chi connectivity index (χ4v) is 4.71. The number of aryl methyl sites for hydroxylation is 1. The largest absolute Gasteiger partial charge is 0.483 e. The number of pyridine rings is 1. The van der Waals surface area contributed by atoms with E-state index in [9.17, 15) is 27.9 Å². The predicted octanol–water partition coefficient (Wildman–Crippen LogP) is 3.48. The number of aliphatic hydroxyl groups is 1. The molecule has 2 aliphatic rings. The fraction of sp³-hybridized carbons (Fsp3) is 0.346. The highest BCUT2D eigenvalue weighted by molar-refractivity contribution is 5.94. The van der Waals surface area contributed by atoms with Gasteiger partial charge in [0.15, 0.2) is 0 Å². The Morgan fingerprint density at radius 3 is 2.65 bits per heavy atom. The molecule has 1 fully saturated rings. The molecule has 1 spiro atoms. The molecule has 3 aromatic rings. The molecule has 1 aliphatic heterocycles. The number of imidazole rings is 1. The number of amides is 1. The highest BCUT2D eigenvalue weighted by Crippen LogP contribution is 2.46. The summed E-state index contributed by atoms with van der Waals surface area (Å²) in [5.41, 5.74) is -0.105. The molecule has 37 heavy (non-hydrogen) atoms. The molecule has 8 nitrogen and oxygen atoms in total. The molecule has 0 radical (unpaired) electrons. The first-order chi connectivity index (χ1) is 17.6. The van der Waals surface area contributed by atoms with Crippen molar-refractivity contribution in [2.24, 2.45) is 0 Å². The molecule has 5 rings (SSSR count). The fourth-order valence-electron chi connectivity index (χ4n) is 4.71. The quantitative estimate of drug-likeness (QED) is 0.525. The Hall–Kier alpha value is -3.86. The Labute approximate surface area is 210 Å². The van der Waals surface area contributed by atoms with Crippen LogP contribution in [0.5, 0.6) is 5.75 Å². The molecule has 0 bridgehead atoms. The standard InChI is InChI=1S/C26H25F3N4O4/c1-16-14-32(15-31-16)21-5-4-20(33(9-10-34)24(21)36)23(35)30-13-17-12-25(7-2-8-25)37-22-6-3-18(11-19(17)22)26(27,28)29/h3-6,11-12,14-15,34H,2,7-10,13H2,1H3,(H,30,35). The number of benzene rings is 1. The Kier molecular flexibility index (Phi) is 6.18. The second-order valence-electron chi connectivity index (χ2n) is 9.29. The van der Waals surface area contributed by atoms with Crippen molar-refractivity contribution in [1.82, 2.24) is 19.4 Å². The van der Waals surface area contributed by atoms with Crippen LogP contribution in [0.25, 0.3) is 11.3 Å². The molecule has 1 aromatic carbocycles. The van der Waals surface area contributed by atoms with Crippen LogP contribution in [-0.2, 0) is 12.7 Å². The van der Waals surface area contributed by atoms with Crippen molar-refractivity contribution in [3.8, 4) is 11.4 Å². The molecule has 1 aliphatic carbocycles. The number of carbonyl (C=O) groups is 1. The Balaban J connectivity index is 1.44. The number of alkyl halides is 3. The first-order valence-corrected chi connectivity index (χ1v) is 11.9. The molecule has 0 unspecified atom stereocenters. The number of nitrogens with one attached hydrogen (secondary N) is 1. The van der Waals surface area contributed by atoms with E-state index in [0.29, 0.717) is 17.0 Å². The van der Waals surface area contributed by atoms with Crippen LogP contribution in [0.4, 0.5) is 13.2 Å². The van der Waals surface area contributed by atoms with Gasteiger partial charge in [0.25, 0.3) is 11.5 Å². The number of hydrogen-bond acceptors (Lipinski definition) is 5. The number of aliphatic hydroxyl groups excluding tert-OH is 1. The summed E-state index contributed by atoms with van der Waals surface area (Å²) in [6, 6.07) is 6.31. The van der Waals surface area contributed by atoms with E-state index in [1.165, 1.54) is 33.7 Å². The van der Waals surface area contributed by atoms with Gasteiger partial charge in [-0.1, -0.05) is 0 Å². The number of halogens is 3. The summed E-state index contributed by atoms with van der Waals surface area (Å²) in [6.45, 7) is 1.23. The van der Waals surface area contributed by atoms with Crippen molar-refractivity contribution in [3.63, 3.8) is 0 Å². The number of hydrogen-bond donors (Lipinski definition) is 2. The second kappa shape index (κ2) is 9.22. The zero-order valence-corrected chi connectivity index (χ0v) is 20.0. The Morgan fingerprint density at radius 1 is 1.24 bits per heavy atom. The molecule has 3 heterocycles. The Morgan fingerprint density at radius 2 is 2.03 bits per heavy atom. The Bertz CT molecular complexity index is 1450. The summed E-state index contributed by atoms with van der Waals surface area (Å²) in [6.07, 6.45) is 2.82. The van der Waals surface area contributed by atoms with E-state index in [-0.39, 0.29) is 36.6 Å². The molecule has 2 N–H and O–H groups in total. The maximum absolute atomic E-state index is 13.4. The zero-order valence-electron chi connectivity index (χ0n) is 20.0. The van der Waals surface area contributed by atoms with Crippen LogP contribution in [0.2, 0.25) is 0 Å². The first-order valence-electron chi connectivity index (χ1n) is 11.9. The predicted molar refractivity (Wildman–Crippen MR) is 129 cm³/mol. The topological polar surface area (TPSA) is 98.4 Å². The number of rotatable bonds is 6. The molecule has 194 valence electrons.